The summed E-state index contributed by atoms with van der Waals surface area (Å²) in [4.78, 5) is 2.96. The van der Waals surface area contributed by atoms with Gasteiger partial charge in [0.15, 0.2) is 0 Å². The Labute approximate surface area is 101 Å². The highest BCUT2D eigenvalue weighted by atomic mass is 28.2. The van der Waals surface area contributed by atoms with Crippen molar-refractivity contribution in [3.63, 3.8) is 0 Å². The zero-order valence-electron chi connectivity index (χ0n) is 9.30. The Balaban J connectivity index is 2.04. The van der Waals surface area contributed by atoms with Gasteiger partial charge in [0, 0.05) is 6.07 Å². The summed E-state index contributed by atoms with van der Waals surface area (Å²) in [5.74, 6) is -1.13. The van der Waals surface area contributed by atoms with E-state index >= 15 is 0 Å². The first-order valence-electron chi connectivity index (χ1n) is 5.19. The van der Waals surface area contributed by atoms with Crippen LogP contribution in [0.2, 0.25) is 0 Å². The third kappa shape index (κ3) is 3.14. The van der Waals surface area contributed by atoms with Crippen LogP contribution in [0.15, 0.2) is 42.5 Å². The van der Waals surface area contributed by atoms with Gasteiger partial charge in [-0.25, -0.2) is 8.78 Å². The standard InChI is InChI=1S/C13H11F2NSi/c1-9-2-5-11(6-3-9)17-16-13-7-4-10(14)8-12(13)15/h2-8,16H,1H3. The molecule has 2 rings (SSSR count). The van der Waals surface area contributed by atoms with Crippen LogP contribution in [0.4, 0.5) is 14.5 Å². The zero-order chi connectivity index (χ0) is 12.3. The van der Waals surface area contributed by atoms with Crippen molar-refractivity contribution >= 4 is 20.6 Å². The molecule has 0 spiro atoms. The van der Waals surface area contributed by atoms with E-state index in [0.29, 0.717) is 5.69 Å². The van der Waals surface area contributed by atoms with Crippen LogP contribution in [0, 0.1) is 18.6 Å². The number of nitrogens with one attached hydrogen (secondary N) is 1. The molecule has 86 valence electrons. The Morgan fingerprint density at radius 2 is 1.71 bits per heavy atom. The minimum Gasteiger partial charge on any atom is -0.405 e. The van der Waals surface area contributed by atoms with Crippen molar-refractivity contribution in [1.29, 1.82) is 0 Å². The summed E-state index contributed by atoms with van der Waals surface area (Å²) in [5, 5.41) is 1.08. The van der Waals surface area contributed by atoms with Crippen LogP contribution in [0.1, 0.15) is 5.56 Å². The van der Waals surface area contributed by atoms with Crippen molar-refractivity contribution < 1.29 is 8.78 Å². The molecule has 0 heterocycles. The van der Waals surface area contributed by atoms with E-state index in [1.165, 1.54) is 17.7 Å². The molecule has 2 aromatic carbocycles. The van der Waals surface area contributed by atoms with Crippen LogP contribution in [0.3, 0.4) is 0 Å². The quantitative estimate of drug-likeness (QED) is 0.822. The van der Waals surface area contributed by atoms with Crippen molar-refractivity contribution in [3.8, 4) is 0 Å². The van der Waals surface area contributed by atoms with E-state index in [1.54, 1.807) is 0 Å². The lowest BCUT2D eigenvalue weighted by atomic mass is 10.2. The fourth-order valence-electron chi connectivity index (χ4n) is 1.37. The number of hydrogen-bond acceptors (Lipinski definition) is 1. The van der Waals surface area contributed by atoms with Gasteiger partial charge in [0.05, 0.1) is 5.69 Å². The number of rotatable bonds is 3. The van der Waals surface area contributed by atoms with Crippen LogP contribution in [-0.2, 0) is 0 Å². The number of anilines is 1. The van der Waals surface area contributed by atoms with Crippen LogP contribution < -0.4 is 10.2 Å². The van der Waals surface area contributed by atoms with Gasteiger partial charge < -0.3 is 4.98 Å². The highest BCUT2D eigenvalue weighted by Gasteiger charge is 2.03. The molecular formula is C13H11F2NSi. The van der Waals surface area contributed by atoms with Gasteiger partial charge in [-0.2, -0.15) is 0 Å². The molecule has 4 heteroatoms. The summed E-state index contributed by atoms with van der Waals surface area (Å²) in [6.45, 7) is 2.01. The first-order valence-corrected chi connectivity index (χ1v) is 6.19. The lowest BCUT2D eigenvalue weighted by Crippen LogP contribution is -2.22. The zero-order valence-corrected chi connectivity index (χ0v) is 10.3. The van der Waals surface area contributed by atoms with Crippen molar-refractivity contribution in [2.75, 3.05) is 4.98 Å². The third-order valence-electron chi connectivity index (χ3n) is 2.32. The summed E-state index contributed by atoms with van der Waals surface area (Å²) in [6, 6.07) is 11.5. The van der Waals surface area contributed by atoms with Gasteiger partial charge in [-0.15, -0.1) is 0 Å². The Kier molecular flexibility index (Phi) is 3.54. The lowest BCUT2D eigenvalue weighted by molar-refractivity contribution is 0.586. The van der Waals surface area contributed by atoms with Crippen LogP contribution in [-0.4, -0.2) is 9.68 Å². The smallest absolute Gasteiger partial charge is 0.218 e. The molecule has 17 heavy (non-hydrogen) atoms. The van der Waals surface area contributed by atoms with Gasteiger partial charge in [-0.1, -0.05) is 29.8 Å². The van der Waals surface area contributed by atoms with E-state index < -0.39 is 11.6 Å². The largest absolute Gasteiger partial charge is 0.405 e. The second-order valence-corrected chi connectivity index (χ2v) is 4.82. The minimum absolute atomic E-state index is 0.259. The van der Waals surface area contributed by atoms with E-state index in [0.717, 1.165) is 11.3 Å². The second-order valence-electron chi connectivity index (χ2n) is 3.74. The van der Waals surface area contributed by atoms with E-state index in [4.69, 9.17) is 0 Å². The third-order valence-corrected chi connectivity index (χ3v) is 3.34. The normalized spacial score (nSPS) is 10.3. The molecule has 0 unspecified atom stereocenters. The van der Waals surface area contributed by atoms with E-state index in [9.17, 15) is 8.78 Å². The molecule has 0 aliphatic rings. The summed E-state index contributed by atoms with van der Waals surface area (Å²) >= 11 is 0. The van der Waals surface area contributed by atoms with Crippen molar-refractivity contribution in [3.05, 3.63) is 59.7 Å². The van der Waals surface area contributed by atoms with Crippen LogP contribution >= 0.6 is 0 Å². The van der Waals surface area contributed by atoms with Crippen LogP contribution in [0.25, 0.3) is 0 Å². The van der Waals surface area contributed by atoms with Gasteiger partial charge in [0.25, 0.3) is 0 Å². The maximum Gasteiger partial charge on any atom is 0.218 e. The molecule has 2 radical (unpaired) electrons. The Bertz CT molecular complexity index is 511. The first-order chi connectivity index (χ1) is 8.15. The number of hydrogen-bond donors (Lipinski definition) is 1. The number of halogens is 2. The molecule has 1 nitrogen and oxygen atoms in total. The molecule has 0 saturated heterocycles. The molecule has 0 saturated carbocycles. The molecule has 0 atom stereocenters. The average molecular weight is 247 g/mol. The second kappa shape index (κ2) is 5.10. The highest BCUT2D eigenvalue weighted by molar-refractivity contribution is 6.56. The van der Waals surface area contributed by atoms with E-state index in [1.807, 2.05) is 31.2 Å². The number of aryl methyl sites for hydroxylation is 1. The van der Waals surface area contributed by atoms with E-state index in [-0.39, 0.29) is 9.68 Å². The Morgan fingerprint density at radius 1 is 1.00 bits per heavy atom. The molecule has 0 aliphatic heterocycles. The summed E-state index contributed by atoms with van der Waals surface area (Å²) < 4.78 is 26.0. The number of benzene rings is 2. The molecule has 0 aliphatic carbocycles. The average Bonchev–Trinajstić information content (AvgIpc) is 2.30. The SMILES string of the molecule is Cc1ccc([Si]Nc2ccc(F)cc2F)cc1. The predicted molar refractivity (Wildman–Crippen MR) is 66.5 cm³/mol. The van der Waals surface area contributed by atoms with Gasteiger partial charge in [-0.05, 0) is 24.2 Å². The lowest BCUT2D eigenvalue weighted by Gasteiger charge is -2.06. The molecule has 0 bridgehead atoms. The highest BCUT2D eigenvalue weighted by Crippen LogP contribution is 2.13. The molecule has 0 fully saturated rings. The van der Waals surface area contributed by atoms with Crippen molar-refractivity contribution in [2.24, 2.45) is 0 Å². The van der Waals surface area contributed by atoms with Gasteiger partial charge in [-0.3, -0.25) is 0 Å². The first kappa shape index (κ1) is 11.8. The monoisotopic (exact) mass is 247 g/mol. The topological polar surface area (TPSA) is 12.0 Å². The van der Waals surface area contributed by atoms with Crippen molar-refractivity contribution in [1.82, 2.24) is 0 Å². The summed E-state index contributed by atoms with van der Waals surface area (Å²) in [5.41, 5.74) is 1.51. The fraction of sp³-hybridized carbons (Fsp3) is 0.0769. The van der Waals surface area contributed by atoms with Gasteiger partial charge in [0.1, 0.15) is 11.6 Å². The van der Waals surface area contributed by atoms with Gasteiger partial charge >= 0.3 is 0 Å². The molecule has 2 aromatic rings. The molecular weight excluding hydrogens is 236 g/mol. The summed E-state index contributed by atoms with van der Waals surface area (Å²) in [6.07, 6.45) is 0. The fourth-order valence-corrected chi connectivity index (χ4v) is 2.18. The molecule has 0 aromatic heterocycles. The minimum atomic E-state index is -0.565. The summed E-state index contributed by atoms with van der Waals surface area (Å²) in [7, 11) is 0.259. The van der Waals surface area contributed by atoms with Crippen LogP contribution in [0.5, 0.6) is 0 Å². The maximum atomic E-state index is 13.3. The van der Waals surface area contributed by atoms with Gasteiger partial charge in [0.2, 0.25) is 9.68 Å². The van der Waals surface area contributed by atoms with E-state index in [2.05, 4.69) is 4.98 Å². The van der Waals surface area contributed by atoms with Crippen molar-refractivity contribution in [2.45, 2.75) is 6.92 Å². The Morgan fingerprint density at radius 3 is 2.35 bits per heavy atom. The molecule has 1 N–H and O–H groups in total. The molecule has 0 amide bonds. The Hall–Kier alpha value is -1.68. The maximum absolute atomic E-state index is 13.3. The predicted octanol–water partition coefficient (Wildman–Crippen LogP) is 2.63.